The standard InChI is InChI=1S/C15H15N3O2S/c16-9-13-4-5-14(21-13)12-3-1-2-11(8-12)10-18-15(20)17-6-7-19/h1-5,8,19H,6-7,10H2,(H2,17,18,20). The molecule has 21 heavy (non-hydrogen) atoms. The van der Waals surface area contributed by atoms with Crippen LogP contribution >= 0.6 is 11.3 Å². The van der Waals surface area contributed by atoms with E-state index in [1.165, 1.54) is 11.3 Å². The van der Waals surface area contributed by atoms with E-state index in [1.54, 1.807) is 6.07 Å². The Morgan fingerprint density at radius 2 is 2.14 bits per heavy atom. The lowest BCUT2D eigenvalue weighted by Gasteiger charge is -2.07. The van der Waals surface area contributed by atoms with Crippen LogP contribution in [0.5, 0.6) is 0 Å². The van der Waals surface area contributed by atoms with Crippen LogP contribution in [0.1, 0.15) is 10.4 Å². The number of carbonyl (C=O) groups is 1. The summed E-state index contributed by atoms with van der Waals surface area (Å²) >= 11 is 1.44. The van der Waals surface area contributed by atoms with Gasteiger partial charge in [0.05, 0.1) is 6.61 Å². The molecule has 0 saturated heterocycles. The molecule has 0 aliphatic heterocycles. The molecule has 0 aliphatic rings. The second kappa shape index (κ2) is 7.43. The van der Waals surface area contributed by atoms with E-state index in [0.717, 1.165) is 16.0 Å². The molecular weight excluding hydrogens is 286 g/mol. The fourth-order valence-electron chi connectivity index (χ4n) is 1.80. The third kappa shape index (κ3) is 4.31. The average Bonchev–Trinajstić information content (AvgIpc) is 3.00. The zero-order valence-corrected chi connectivity index (χ0v) is 12.1. The van der Waals surface area contributed by atoms with Gasteiger partial charge in [-0.25, -0.2) is 4.79 Å². The summed E-state index contributed by atoms with van der Waals surface area (Å²) in [6.07, 6.45) is 0. The van der Waals surface area contributed by atoms with Gasteiger partial charge in [0, 0.05) is 18.0 Å². The van der Waals surface area contributed by atoms with Gasteiger partial charge in [-0.2, -0.15) is 5.26 Å². The molecule has 0 unspecified atom stereocenters. The van der Waals surface area contributed by atoms with Crippen molar-refractivity contribution in [3.8, 4) is 16.5 Å². The molecule has 1 aromatic carbocycles. The third-order valence-electron chi connectivity index (χ3n) is 2.78. The highest BCUT2D eigenvalue weighted by molar-refractivity contribution is 7.16. The molecule has 0 atom stereocenters. The number of hydrogen-bond acceptors (Lipinski definition) is 4. The van der Waals surface area contributed by atoms with E-state index in [1.807, 2.05) is 30.3 Å². The number of nitriles is 1. The van der Waals surface area contributed by atoms with Crippen molar-refractivity contribution in [1.82, 2.24) is 10.6 Å². The van der Waals surface area contributed by atoms with Crippen molar-refractivity contribution in [1.29, 1.82) is 5.26 Å². The van der Waals surface area contributed by atoms with Gasteiger partial charge in [0.2, 0.25) is 0 Å². The van der Waals surface area contributed by atoms with E-state index in [-0.39, 0.29) is 19.2 Å². The quantitative estimate of drug-likeness (QED) is 0.790. The maximum Gasteiger partial charge on any atom is 0.315 e. The number of amides is 2. The number of nitrogens with one attached hydrogen (secondary N) is 2. The highest BCUT2D eigenvalue weighted by Crippen LogP contribution is 2.28. The number of hydrogen-bond donors (Lipinski definition) is 3. The van der Waals surface area contributed by atoms with Crippen molar-refractivity contribution >= 4 is 17.4 Å². The number of aliphatic hydroxyl groups excluding tert-OH is 1. The summed E-state index contributed by atoms with van der Waals surface area (Å²) in [6.45, 7) is 0.558. The molecule has 0 fully saturated rings. The van der Waals surface area contributed by atoms with E-state index in [2.05, 4.69) is 16.7 Å². The Kier molecular flexibility index (Phi) is 5.32. The van der Waals surface area contributed by atoms with Crippen molar-refractivity contribution < 1.29 is 9.90 Å². The zero-order chi connectivity index (χ0) is 15.1. The molecule has 0 spiro atoms. The van der Waals surface area contributed by atoms with Crippen LogP contribution in [0.25, 0.3) is 10.4 Å². The minimum Gasteiger partial charge on any atom is -0.395 e. The van der Waals surface area contributed by atoms with Crippen molar-refractivity contribution in [2.45, 2.75) is 6.54 Å². The molecule has 0 saturated carbocycles. The summed E-state index contributed by atoms with van der Waals surface area (Å²) < 4.78 is 0. The van der Waals surface area contributed by atoms with Crippen LogP contribution in [0.3, 0.4) is 0 Å². The summed E-state index contributed by atoms with van der Waals surface area (Å²) in [5.41, 5.74) is 2.00. The minimum atomic E-state index is -0.308. The van der Waals surface area contributed by atoms with Crippen LogP contribution in [0.15, 0.2) is 36.4 Å². The number of nitrogens with zero attached hydrogens (tertiary/aromatic N) is 1. The summed E-state index contributed by atoms with van der Waals surface area (Å²) in [5, 5.41) is 22.7. The zero-order valence-electron chi connectivity index (χ0n) is 11.3. The molecule has 6 heteroatoms. The first-order valence-electron chi connectivity index (χ1n) is 6.44. The summed E-state index contributed by atoms with van der Waals surface area (Å²) in [6, 6.07) is 13.3. The highest BCUT2D eigenvalue weighted by Gasteiger charge is 2.04. The monoisotopic (exact) mass is 301 g/mol. The Hall–Kier alpha value is -2.36. The first-order chi connectivity index (χ1) is 10.2. The number of aliphatic hydroxyl groups is 1. The predicted molar refractivity (Wildman–Crippen MR) is 81.8 cm³/mol. The van der Waals surface area contributed by atoms with Crippen LogP contribution in [-0.4, -0.2) is 24.3 Å². The van der Waals surface area contributed by atoms with Gasteiger partial charge in [-0.15, -0.1) is 11.3 Å². The predicted octanol–water partition coefficient (Wildman–Crippen LogP) is 2.08. The van der Waals surface area contributed by atoms with Gasteiger partial charge in [0.1, 0.15) is 10.9 Å². The second-order valence-electron chi connectivity index (χ2n) is 4.31. The lowest BCUT2D eigenvalue weighted by molar-refractivity contribution is 0.234. The van der Waals surface area contributed by atoms with Crippen LogP contribution in [0.4, 0.5) is 4.79 Å². The number of thiophene rings is 1. The van der Waals surface area contributed by atoms with Crippen LogP contribution in [-0.2, 0) is 6.54 Å². The van der Waals surface area contributed by atoms with Gasteiger partial charge in [0.25, 0.3) is 0 Å². The Balaban J connectivity index is 2.01. The fourth-order valence-corrected chi connectivity index (χ4v) is 2.60. The molecule has 2 amide bonds. The van der Waals surface area contributed by atoms with Crippen LogP contribution in [0, 0.1) is 11.3 Å². The topological polar surface area (TPSA) is 85.2 Å². The van der Waals surface area contributed by atoms with Gasteiger partial charge in [-0.1, -0.05) is 18.2 Å². The largest absolute Gasteiger partial charge is 0.395 e. The molecule has 2 aromatic rings. The SMILES string of the molecule is N#Cc1ccc(-c2cccc(CNC(=O)NCCO)c2)s1. The number of rotatable bonds is 5. The summed E-state index contributed by atoms with van der Waals surface area (Å²) in [5.74, 6) is 0. The summed E-state index contributed by atoms with van der Waals surface area (Å²) in [4.78, 5) is 13.1. The Morgan fingerprint density at radius 1 is 1.29 bits per heavy atom. The van der Waals surface area contributed by atoms with Crippen molar-refractivity contribution in [3.63, 3.8) is 0 Å². The first-order valence-corrected chi connectivity index (χ1v) is 7.26. The molecule has 2 rings (SSSR count). The Morgan fingerprint density at radius 3 is 2.86 bits per heavy atom. The van der Waals surface area contributed by atoms with Crippen molar-refractivity contribution in [2.75, 3.05) is 13.2 Å². The maximum atomic E-state index is 11.4. The van der Waals surface area contributed by atoms with Gasteiger partial charge in [-0.3, -0.25) is 0 Å². The normalized spacial score (nSPS) is 9.90. The molecule has 0 bridgehead atoms. The van der Waals surface area contributed by atoms with Gasteiger partial charge >= 0.3 is 6.03 Å². The Labute approximate surface area is 126 Å². The minimum absolute atomic E-state index is 0.0808. The molecule has 3 N–H and O–H groups in total. The highest BCUT2D eigenvalue weighted by atomic mass is 32.1. The summed E-state index contributed by atoms with van der Waals surface area (Å²) in [7, 11) is 0. The van der Waals surface area contributed by atoms with E-state index in [0.29, 0.717) is 11.4 Å². The number of carbonyl (C=O) groups excluding carboxylic acids is 1. The average molecular weight is 301 g/mol. The molecule has 0 radical (unpaired) electrons. The van der Waals surface area contributed by atoms with Gasteiger partial charge < -0.3 is 15.7 Å². The van der Waals surface area contributed by atoms with E-state index in [9.17, 15) is 4.79 Å². The molecule has 5 nitrogen and oxygen atoms in total. The third-order valence-corrected chi connectivity index (χ3v) is 3.82. The lowest BCUT2D eigenvalue weighted by Crippen LogP contribution is -2.36. The fraction of sp³-hybridized carbons (Fsp3) is 0.200. The first kappa shape index (κ1) is 15.0. The number of urea groups is 1. The second-order valence-corrected chi connectivity index (χ2v) is 5.39. The van der Waals surface area contributed by atoms with E-state index < -0.39 is 0 Å². The lowest BCUT2D eigenvalue weighted by atomic mass is 10.1. The van der Waals surface area contributed by atoms with Crippen LogP contribution in [0.2, 0.25) is 0 Å². The van der Waals surface area contributed by atoms with Gasteiger partial charge in [-0.05, 0) is 29.3 Å². The molecule has 108 valence electrons. The molecule has 1 aromatic heterocycles. The molecule has 1 heterocycles. The molecule has 0 aliphatic carbocycles. The number of benzene rings is 1. The van der Waals surface area contributed by atoms with E-state index in [4.69, 9.17) is 10.4 Å². The maximum absolute atomic E-state index is 11.4. The van der Waals surface area contributed by atoms with Crippen LogP contribution < -0.4 is 10.6 Å². The Bertz CT molecular complexity index is 661. The molecular formula is C15H15N3O2S. The smallest absolute Gasteiger partial charge is 0.315 e. The van der Waals surface area contributed by atoms with E-state index >= 15 is 0 Å². The van der Waals surface area contributed by atoms with Crippen molar-refractivity contribution in [3.05, 3.63) is 46.8 Å². The van der Waals surface area contributed by atoms with Gasteiger partial charge in [0.15, 0.2) is 0 Å². The van der Waals surface area contributed by atoms with Crippen molar-refractivity contribution in [2.24, 2.45) is 0 Å².